The first kappa shape index (κ1) is 16.4. The first-order chi connectivity index (χ1) is 9.77. The minimum Gasteiger partial charge on any atom is -0.393 e. The maximum Gasteiger partial charge on any atom is 0.178 e. The molecular weight excluding hydrogens is 293 g/mol. The Hall–Kier alpha value is -0.980. The maximum absolute atomic E-state index is 13.9. The van der Waals surface area contributed by atoms with Gasteiger partial charge in [-0.05, 0) is 50.3 Å². The zero-order valence-electron chi connectivity index (χ0n) is 12.3. The molecule has 4 nitrogen and oxygen atoms in total. The van der Waals surface area contributed by atoms with Crippen LogP contribution in [0, 0.1) is 5.82 Å². The molecule has 1 atom stereocenters. The van der Waals surface area contributed by atoms with Crippen LogP contribution in [0.5, 0.6) is 0 Å². The van der Waals surface area contributed by atoms with Crippen LogP contribution in [0.4, 0.5) is 4.39 Å². The SMILES string of the molecule is CC(NC1CCC(O)CC1)c1ccc(S(C)(=O)=O)c(F)c1. The number of aliphatic hydroxyl groups excluding tert-OH is 1. The van der Waals surface area contributed by atoms with Crippen LogP contribution in [-0.4, -0.2) is 31.9 Å². The van der Waals surface area contributed by atoms with Crippen molar-refractivity contribution < 1.29 is 17.9 Å². The van der Waals surface area contributed by atoms with E-state index in [4.69, 9.17) is 0 Å². The standard InChI is InChI=1S/C15H22FNO3S/c1-10(17-12-4-6-13(18)7-5-12)11-3-8-15(14(16)9-11)21(2,19)20/h3,8-10,12-13,17-18H,4-7H2,1-2H3. The summed E-state index contributed by atoms with van der Waals surface area (Å²) in [6.07, 6.45) is 4.16. The molecule has 0 bridgehead atoms. The number of aliphatic hydroxyl groups is 1. The van der Waals surface area contributed by atoms with E-state index in [9.17, 15) is 17.9 Å². The van der Waals surface area contributed by atoms with Gasteiger partial charge in [0.2, 0.25) is 0 Å². The second-order valence-electron chi connectivity index (χ2n) is 5.86. The number of nitrogens with one attached hydrogen (secondary N) is 1. The minimum atomic E-state index is -3.53. The second kappa shape index (κ2) is 6.42. The first-order valence-electron chi connectivity index (χ1n) is 7.21. The minimum absolute atomic E-state index is 0.0617. The fourth-order valence-electron chi connectivity index (χ4n) is 2.78. The van der Waals surface area contributed by atoms with Gasteiger partial charge in [0.1, 0.15) is 10.7 Å². The molecule has 2 rings (SSSR count). The molecular formula is C15H22FNO3S. The van der Waals surface area contributed by atoms with E-state index in [1.807, 2.05) is 6.92 Å². The summed E-state index contributed by atoms with van der Waals surface area (Å²) in [4.78, 5) is -0.265. The van der Waals surface area contributed by atoms with Crippen molar-refractivity contribution in [3.8, 4) is 0 Å². The lowest BCUT2D eigenvalue weighted by molar-refractivity contribution is 0.114. The molecule has 0 aliphatic heterocycles. The van der Waals surface area contributed by atoms with Crippen molar-refractivity contribution in [2.45, 2.75) is 55.7 Å². The van der Waals surface area contributed by atoms with Crippen LogP contribution in [0.3, 0.4) is 0 Å². The summed E-state index contributed by atoms with van der Waals surface area (Å²) in [5.74, 6) is -0.706. The lowest BCUT2D eigenvalue weighted by Crippen LogP contribution is -2.36. The van der Waals surface area contributed by atoms with Crippen molar-refractivity contribution >= 4 is 9.84 Å². The van der Waals surface area contributed by atoms with Gasteiger partial charge in [-0.2, -0.15) is 0 Å². The van der Waals surface area contributed by atoms with Crippen LogP contribution in [0.15, 0.2) is 23.1 Å². The molecule has 0 aromatic heterocycles. The Kier molecular flexibility index (Phi) is 5.01. The van der Waals surface area contributed by atoms with E-state index in [0.29, 0.717) is 6.04 Å². The molecule has 1 aromatic rings. The highest BCUT2D eigenvalue weighted by molar-refractivity contribution is 7.90. The van der Waals surface area contributed by atoms with Crippen LogP contribution in [0.25, 0.3) is 0 Å². The van der Waals surface area contributed by atoms with Gasteiger partial charge in [-0.25, -0.2) is 12.8 Å². The number of halogens is 1. The average molecular weight is 315 g/mol. The molecule has 1 aliphatic rings. The number of hydrogen-bond acceptors (Lipinski definition) is 4. The Balaban J connectivity index is 2.06. The molecule has 0 saturated heterocycles. The van der Waals surface area contributed by atoms with Crippen molar-refractivity contribution in [1.82, 2.24) is 5.32 Å². The molecule has 0 spiro atoms. The van der Waals surface area contributed by atoms with Gasteiger partial charge in [-0.3, -0.25) is 0 Å². The highest BCUT2D eigenvalue weighted by Crippen LogP contribution is 2.24. The third-order valence-corrected chi connectivity index (χ3v) is 5.17. The molecule has 0 radical (unpaired) electrons. The molecule has 6 heteroatoms. The van der Waals surface area contributed by atoms with Crippen LogP contribution < -0.4 is 5.32 Å². The Bertz CT molecular complexity index is 595. The highest BCUT2D eigenvalue weighted by Gasteiger charge is 2.22. The molecule has 1 saturated carbocycles. The van der Waals surface area contributed by atoms with E-state index in [0.717, 1.165) is 37.5 Å². The molecule has 118 valence electrons. The van der Waals surface area contributed by atoms with Gasteiger partial charge in [0.25, 0.3) is 0 Å². The van der Waals surface area contributed by atoms with Crippen molar-refractivity contribution in [1.29, 1.82) is 0 Å². The second-order valence-corrected chi connectivity index (χ2v) is 7.84. The van der Waals surface area contributed by atoms with Gasteiger partial charge in [-0.1, -0.05) is 6.07 Å². The Morgan fingerprint density at radius 2 is 1.90 bits per heavy atom. The quantitative estimate of drug-likeness (QED) is 0.894. The number of rotatable bonds is 4. The van der Waals surface area contributed by atoms with Crippen LogP contribution in [-0.2, 0) is 9.84 Å². The molecule has 1 unspecified atom stereocenters. The van der Waals surface area contributed by atoms with Gasteiger partial charge < -0.3 is 10.4 Å². The zero-order valence-corrected chi connectivity index (χ0v) is 13.2. The summed E-state index contributed by atoms with van der Waals surface area (Å²) in [6.45, 7) is 1.93. The Morgan fingerprint density at radius 3 is 2.43 bits per heavy atom. The average Bonchev–Trinajstić information content (AvgIpc) is 2.39. The van der Waals surface area contributed by atoms with Gasteiger partial charge in [-0.15, -0.1) is 0 Å². The van der Waals surface area contributed by atoms with Gasteiger partial charge in [0, 0.05) is 18.3 Å². The highest BCUT2D eigenvalue weighted by atomic mass is 32.2. The van der Waals surface area contributed by atoms with E-state index < -0.39 is 15.7 Å². The van der Waals surface area contributed by atoms with Gasteiger partial charge >= 0.3 is 0 Å². The maximum atomic E-state index is 13.9. The predicted octanol–water partition coefficient (Wildman–Crippen LogP) is 2.18. The molecule has 1 fully saturated rings. The Labute approximate surface area is 125 Å². The first-order valence-corrected chi connectivity index (χ1v) is 9.10. The molecule has 0 heterocycles. The van der Waals surface area contributed by atoms with Crippen molar-refractivity contribution in [3.05, 3.63) is 29.6 Å². The third kappa shape index (κ3) is 4.25. The summed E-state index contributed by atoms with van der Waals surface area (Å²) >= 11 is 0. The molecule has 0 amide bonds. The molecule has 21 heavy (non-hydrogen) atoms. The zero-order chi connectivity index (χ0) is 15.6. The summed E-state index contributed by atoms with van der Waals surface area (Å²) in [6, 6.07) is 4.50. The van der Waals surface area contributed by atoms with E-state index in [-0.39, 0.29) is 17.0 Å². The van der Waals surface area contributed by atoms with Crippen LogP contribution >= 0.6 is 0 Å². The van der Waals surface area contributed by atoms with Crippen LogP contribution in [0.2, 0.25) is 0 Å². The third-order valence-electron chi connectivity index (χ3n) is 4.04. The summed E-state index contributed by atoms with van der Waals surface area (Å²) in [7, 11) is -3.53. The number of benzene rings is 1. The van der Waals surface area contributed by atoms with Crippen molar-refractivity contribution in [2.24, 2.45) is 0 Å². The summed E-state index contributed by atoms with van der Waals surface area (Å²) in [5, 5.41) is 12.9. The molecule has 1 aromatic carbocycles. The topological polar surface area (TPSA) is 66.4 Å². The lowest BCUT2D eigenvalue weighted by atomic mass is 9.92. The summed E-state index contributed by atoms with van der Waals surface area (Å²) < 4.78 is 36.7. The number of hydrogen-bond donors (Lipinski definition) is 2. The fraction of sp³-hybridized carbons (Fsp3) is 0.600. The lowest BCUT2D eigenvalue weighted by Gasteiger charge is -2.29. The van der Waals surface area contributed by atoms with E-state index in [2.05, 4.69) is 5.32 Å². The van der Waals surface area contributed by atoms with E-state index >= 15 is 0 Å². The monoisotopic (exact) mass is 315 g/mol. The smallest absolute Gasteiger partial charge is 0.178 e. The fourth-order valence-corrected chi connectivity index (χ4v) is 3.51. The normalized spacial score (nSPS) is 24.8. The molecule has 2 N–H and O–H groups in total. The predicted molar refractivity (Wildman–Crippen MR) is 79.3 cm³/mol. The van der Waals surface area contributed by atoms with Gasteiger partial charge in [0.15, 0.2) is 9.84 Å². The largest absolute Gasteiger partial charge is 0.393 e. The van der Waals surface area contributed by atoms with Crippen LogP contribution in [0.1, 0.15) is 44.2 Å². The number of sulfone groups is 1. The van der Waals surface area contributed by atoms with E-state index in [1.165, 1.54) is 12.1 Å². The van der Waals surface area contributed by atoms with Crippen molar-refractivity contribution in [2.75, 3.05) is 6.26 Å². The van der Waals surface area contributed by atoms with E-state index in [1.54, 1.807) is 6.07 Å². The van der Waals surface area contributed by atoms with Crippen molar-refractivity contribution in [3.63, 3.8) is 0 Å². The Morgan fingerprint density at radius 1 is 1.29 bits per heavy atom. The molecule has 1 aliphatic carbocycles. The van der Waals surface area contributed by atoms with Gasteiger partial charge in [0.05, 0.1) is 6.10 Å². The summed E-state index contributed by atoms with van der Waals surface area (Å²) in [5.41, 5.74) is 0.728.